The van der Waals surface area contributed by atoms with Gasteiger partial charge in [0.2, 0.25) is 5.95 Å². The predicted molar refractivity (Wildman–Crippen MR) is 140 cm³/mol. The number of nitrogens with zero attached hydrogens (tertiary/aromatic N) is 1. The molecule has 0 saturated heterocycles. The van der Waals surface area contributed by atoms with Crippen molar-refractivity contribution in [3.63, 3.8) is 0 Å². The molecule has 0 bridgehead atoms. The predicted octanol–water partition coefficient (Wildman–Crippen LogP) is -3.65. The van der Waals surface area contributed by atoms with Gasteiger partial charge >= 0.3 is 41.5 Å². The van der Waals surface area contributed by atoms with Crippen LogP contribution in [0.1, 0.15) is 43.0 Å². The monoisotopic (exact) mass is 569 g/mol. The molecule has 1 aliphatic rings. The molecule has 0 radical (unpaired) electrons. The first-order chi connectivity index (χ1) is 18.5. The largest absolute Gasteiger partial charge is 1.00 e. The first-order valence-electron chi connectivity index (χ1n) is 12.1. The van der Waals surface area contributed by atoms with E-state index < -0.39 is 29.9 Å². The van der Waals surface area contributed by atoms with E-state index in [4.69, 9.17) is 5.73 Å². The normalized spacial score (nSPS) is 13.8. The summed E-state index contributed by atoms with van der Waals surface area (Å²) >= 11 is 0. The number of ether oxygens (including phenoxy) is 1. The van der Waals surface area contributed by atoms with E-state index in [0.29, 0.717) is 31.0 Å². The first kappa shape index (κ1) is 34.2. The molecule has 212 valence electrons. The number of methoxy groups -OCH3 is 1. The minimum atomic E-state index is -1.24. The number of benzene rings is 1. The third-order valence-corrected chi connectivity index (χ3v) is 5.42. The van der Waals surface area contributed by atoms with Crippen LogP contribution in [0.15, 0.2) is 29.1 Å². The van der Waals surface area contributed by atoms with Gasteiger partial charge < -0.3 is 46.7 Å². The minimum Gasteiger partial charge on any atom is -0.550 e. The third kappa shape index (κ3) is 11.1. The molecule has 1 aliphatic heterocycles. The van der Waals surface area contributed by atoms with Gasteiger partial charge in [-0.05, 0) is 37.1 Å². The average molecular weight is 570 g/mol. The van der Waals surface area contributed by atoms with E-state index in [0.717, 1.165) is 5.69 Å². The number of aromatic amines is 1. The Morgan fingerprint density at radius 3 is 2.45 bits per heavy atom. The number of esters is 1. The third-order valence-electron chi connectivity index (χ3n) is 5.42. The summed E-state index contributed by atoms with van der Waals surface area (Å²) in [6.45, 7) is 2.78. The smallest absolute Gasteiger partial charge is 0.550 e. The Kier molecular flexibility index (Phi) is 14.5. The van der Waals surface area contributed by atoms with Crippen LogP contribution >= 0.6 is 0 Å². The second kappa shape index (κ2) is 17.0. The molecule has 2 heterocycles. The summed E-state index contributed by atoms with van der Waals surface area (Å²) in [5.74, 6) is -2.89. The molecule has 40 heavy (non-hydrogen) atoms. The Labute approximate surface area is 251 Å². The summed E-state index contributed by atoms with van der Waals surface area (Å²) in [6.07, 6.45) is 0.646. The Morgan fingerprint density at radius 2 is 1.90 bits per heavy atom. The summed E-state index contributed by atoms with van der Waals surface area (Å²) < 4.78 is 4.49. The maximum absolute atomic E-state index is 12.4. The second-order valence-corrected chi connectivity index (χ2v) is 8.46. The Hall–Kier alpha value is -3.82. The number of H-pyrrole nitrogens is 1. The fourth-order valence-electron chi connectivity index (χ4n) is 3.40. The van der Waals surface area contributed by atoms with Crippen LogP contribution in [0.25, 0.3) is 0 Å². The van der Waals surface area contributed by atoms with Crippen molar-refractivity contribution in [1.82, 2.24) is 15.3 Å². The molecule has 1 aromatic carbocycles. The van der Waals surface area contributed by atoms with E-state index in [1.807, 2.05) is 0 Å². The van der Waals surface area contributed by atoms with Crippen LogP contribution in [0.2, 0.25) is 0 Å². The molecule has 3 rings (SSSR count). The molecule has 0 fully saturated rings. The SMILES string of the molecule is CCCC(=O)[O-].COC(=O)CCC(NC(=O)c1ccc(NCC2CNc3nc(N)[nH]c(=O)c3N2)cc1)C(=O)O.[Na+]. The fourth-order valence-corrected chi connectivity index (χ4v) is 3.40. The minimum absolute atomic E-state index is 0. The number of aliphatic carboxylic acids is 2. The van der Waals surface area contributed by atoms with Crippen molar-refractivity contribution in [3.8, 4) is 0 Å². The number of carbonyl (C=O) groups excluding carboxylic acids is 3. The maximum atomic E-state index is 12.4. The summed E-state index contributed by atoms with van der Waals surface area (Å²) in [6, 6.07) is 5.14. The van der Waals surface area contributed by atoms with Gasteiger partial charge in [-0.15, -0.1) is 0 Å². The Bertz CT molecular complexity index is 1220. The van der Waals surface area contributed by atoms with E-state index in [1.165, 1.54) is 7.11 Å². The number of amides is 1. The van der Waals surface area contributed by atoms with Crippen molar-refractivity contribution in [1.29, 1.82) is 0 Å². The van der Waals surface area contributed by atoms with Crippen molar-refractivity contribution < 1.29 is 63.7 Å². The molecule has 16 heteroatoms. The number of fused-ring (bicyclic) bond motifs is 1. The summed E-state index contributed by atoms with van der Waals surface area (Å²) in [5.41, 5.74) is 6.48. The summed E-state index contributed by atoms with van der Waals surface area (Å²) in [4.78, 5) is 63.0. The van der Waals surface area contributed by atoms with Gasteiger partial charge in [-0.3, -0.25) is 19.4 Å². The number of nitrogens with one attached hydrogen (secondary N) is 5. The molecule has 15 nitrogen and oxygen atoms in total. The fraction of sp³-hybridized carbons (Fsp3) is 0.417. The number of nitrogen functional groups attached to an aromatic ring is 1. The quantitative estimate of drug-likeness (QED) is 0.102. The first-order valence-corrected chi connectivity index (χ1v) is 12.1. The Morgan fingerprint density at radius 1 is 1.23 bits per heavy atom. The molecule has 2 atom stereocenters. The number of hydrogen-bond donors (Lipinski definition) is 7. The van der Waals surface area contributed by atoms with Crippen molar-refractivity contribution in [3.05, 3.63) is 40.2 Å². The number of hydrogen-bond acceptors (Lipinski definition) is 12. The number of aromatic nitrogens is 2. The molecule has 0 aliphatic carbocycles. The van der Waals surface area contributed by atoms with E-state index >= 15 is 0 Å². The number of carboxylic acid groups (broad SMARTS) is 2. The van der Waals surface area contributed by atoms with E-state index in [-0.39, 0.29) is 71.9 Å². The number of carboxylic acids is 2. The number of nitrogens with two attached hydrogens (primary N) is 1. The van der Waals surface area contributed by atoms with Gasteiger partial charge in [0.15, 0.2) is 5.82 Å². The van der Waals surface area contributed by atoms with Gasteiger partial charge in [0.05, 0.1) is 13.2 Å². The van der Waals surface area contributed by atoms with Gasteiger partial charge in [-0.2, -0.15) is 4.98 Å². The van der Waals surface area contributed by atoms with Crippen molar-refractivity contribution in [2.75, 3.05) is 41.9 Å². The Balaban J connectivity index is 0.00000103. The van der Waals surface area contributed by atoms with Crippen LogP contribution in [0.3, 0.4) is 0 Å². The van der Waals surface area contributed by atoms with Crippen LogP contribution in [0.4, 0.5) is 23.1 Å². The van der Waals surface area contributed by atoms with E-state index in [2.05, 4.69) is 36.0 Å². The van der Waals surface area contributed by atoms with Crippen LogP contribution in [0.5, 0.6) is 0 Å². The number of anilines is 4. The molecular weight excluding hydrogens is 537 g/mol. The zero-order valence-corrected chi connectivity index (χ0v) is 24.5. The van der Waals surface area contributed by atoms with E-state index in [1.54, 1.807) is 31.2 Å². The van der Waals surface area contributed by atoms with E-state index in [9.17, 15) is 34.2 Å². The zero-order valence-electron chi connectivity index (χ0n) is 22.5. The van der Waals surface area contributed by atoms with Crippen LogP contribution < -0.4 is 67.2 Å². The van der Waals surface area contributed by atoms with Crippen molar-refractivity contribution in [2.24, 2.45) is 0 Å². The molecule has 2 unspecified atom stereocenters. The second-order valence-electron chi connectivity index (χ2n) is 8.46. The van der Waals surface area contributed by atoms with Gasteiger partial charge in [0, 0.05) is 36.7 Å². The molecule has 1 aromatic heterocycles. The van der Waals surface area contributed by atoms with Crippen LogP contribution in [0, 0.1) is 0 Å². The zero-order chi connectivity index (χ0) is 28.9. The average Bonchev–Trinajstić information content (AvgIpc) is 2.90. The van der Waals surface area contributed by atoms with Crippen molar-refractivity contribution >= 4 is 47.0 Å². The van der Waals surface area contributed by atoms with Crippen molar-refractivity contribution in [2.45, 2.75) is 44.7 Å². The molecule has 0 spiro atoms. The van der Waals surface area contributed by atoms with Gasteiger partial charge in [-0.1, -0.05) is 13.3 Å². The molecular formula is C24H32N7NaO8. The standard InChI is InChI=1S/C20H25N7O6.C4H8O2.Na/c1-33-14(28)7-6-13(19(31)32)25-17(29)10-2-4-11(5-3-10)22-8-12-9-23-16-15(24-12)18(30)27-20(21)26-16;1-2-3-4(5)6;/h2-5,12-13,22,24H,6-9H2,1H3,(H,25,29)(H,31,32)(H4,21,23,26,27,30);2-3H2,1H3,(H,5,6);/q;;+1/p-1. The molecule has 2 aromatic rings. The van der Waals surface area contributed by atoms with Crippen LogP contribution in [-0.2, 0) is 19.1 Å². The van der Waals surface area contributed by atoms with Gasteiger partial charge in [0.25, 0.3) is 11.5 Å². The number of carbonyl (C=O) groups is 4. The maximum Gasteiger partial charge on any atom is 1.00 e. The van der Waals surface area contributed by atoms with Gasteiger partial charge in [0.1, 0.15) is 11.7 Å². The molecule has 0 saturated carbocycles. The summed E-state index contributed by atoms with van der Waals surface area (Å²) in [5, 5.41) is 30.5. The summed E-state index contributed by atoms with van der Waals surface area (Å²) in [7, 11) is 1.21. The number of rotatable bonds is 11. The van der Waals surface area contributed by atoms with Gasteiger partial charge in [-0.25, -0.2) is 4.79 Å². The molecule has 8 N–H and O–H groups in total. The van der Waals surface area contributed by atoms with Crippen LogP contribution in [-0.4, -0.2) is 71.2 Å². The topological polar surface area (TPSA) is 241 Å². The molecule has 1 amide bonds.